The van der Waals surface area contributed by atoms with Crippen LogP contribution in [0.3, 0.4) is 0 Å². The van der Waals surface area contributed by atoms with E-state index in [9.17, 15) is 4.79 Å². The number of amides is 1. The Kier molecular flexibility index (Phi) is 5.81. The van der Waals surface area contributed by atoms with Gasteiger partial charge in [-0.3, -0.25) is 9.69 Å². The Morgan fingerprint density at radius 1 is 1.28 bits per heavy atom. The van der Waals surface area contributed by atoms with E-state index in [0.29, 0.717) is 18.3 Å². The highest BCUT2D eigenvalue weighted by molar-refractivity contribution is 5.78. The highest BCUT2D eigenvalue weighted by Gasteiger charge is 2.25. The van der Waals surface area contributed by atoms with Crippen LogP contribution in [0.1, 0.15) is 37.6 Å². The number of carbonyl (C=O) groups excluding carboxylic acids is 1. The van der Waals surface area contributed by atoms with Gasteiger partial charge in [0.05, 0.1) is 6.54 Å². The summed E-state index contributed by atoms with van der Waals surface area (Å²) in [7, 11) is 0. The topological polar surface area (TPSA) is 71.3 Å². The number of benzene rings is 1. The summed E-state index contributed by atoms with van der Waals surface area (Å²) in [6.07, 6.45) is 2.74. The van der Waals surface area contributed by atoms with Crippen molar-refractivity contribution in [3.8, 4) is 11.4 Å². The molecule has 2 aromatic rings. The molecule has 1 amide bonds. The van der Waals surface area contributed by atoms with Crippen LogP contribution in [0.25, 0.3) is 11.4 Å². The molecule has 1 aliphatic heterocycles. The average Bonchev–Trinajstić information content (AvgIpc) is 3.09. The van der Waals surface area contributed by atoms with Gasteiger partial charge in [0.1, 0.15) is 0 Å². The van der Waals surface area contributed by atoms with Gasteiger partial charge in [0.2, 0.25) is 17.6 Å². The SMILES string of the molecule is CCCNC(=O)C1CCN(Cc2nc(-c3ccc(C)cc3)no2)CC1. The van der Waals surface area contributed by atoms with Crippen LogP contribution in [0, 0.1) is 12.8 Å². The summed E-state index contributed by atoms with van der Waals surface area (Å²) in [5.74, 6) is 1.59. The lowest BCUT2D eigenvalue weighted by Gasteiger charge is -2.30. The molecule has 25 heavy (non-hydrogen) atoms. The lowest BCUT2D eigenvalue weighted by atomic mass is 9.96. The molecular formula is C19H26N4O2. The third-order valence-corrected chi connectivity index (χ3v) is 4.64. The number of nitrogens with zero attached hydrogens (tertiary/aromatic N) is 3. The van der Waals surface area contributed by atoms with Crippen molar-refractivity contribution in [2.24, 2.45) is 5.92 Å². The summed E-state index contributed by atoms with van der Waals surface area (Å²) >= 11 is 0. The number of likely N-dealkylation sites (tertiary alicyclic amines) is 1. The number of aryl methyl sites for hydroxylation is 1. The largest absolute Gasteiger partial charge is 0.356 e. The van der Waals surface area contributed by atoms with Crippen molar-refractivity contribution < 1.29 is 9.32 Å². The first-order valence-electron chi connectivity index (χ1n) is 9.05. The lowest BCUT2D eigenvalue weighted by molar-refractivity contribution is -0.126. The van der Waals surface area contributed by atoms with Crippen molar-refractivity contribution in [3.63, 3.8) is 0 Å². The quantitative estimate of drug-likeness (QED) is 0.874. The minimum absolute atomic E-state index is 0.133. The number of piperidine rings is 1. The van der Waals surface area contributed by atoms with Crippen LogP contribution in [-0.2, 0) is 11.3 Å². The first-order valence-corrected chi connectivity index (χ1v) is 9.05. The highest BCUT2D eigenvalue weighted by atomic mass is 16.5. The second-order valence-electron chi connectivity index (χ2n) is 6.72. The molecule has 1 saturated heterocycles. The van der Waals surface area contributed by atoms with Crippen LogP contribution < -0.4 is 5.32 Å². The predicted molar refractivity (Wildman–Crippen MR) is 95.8 cm³/mol. The molecule has 1 fully saturated rings. The zero-order valence-electron chi connectivity index (χ0n) is 15.0. The molecule has 1 aromatic carbocycles. The maximum atomic E-state index is 12.0. The molecule has 3 rings (SSSR count). The summed E-state index contributed by atoms with van der Waals surface area (Å²) in [4.78, 5) is 18.8. The number of hydrogen-bond donors (Lipinski definition) is 1. The fourth-order valence-electron chi connectivity index (χ4n) is 3.08. The Morgan fingerprint density at radius 3 is 2.68 bits per heavy atom. The van der Waals surface area contributed by atoms with Crippen molar-refractivity contribution in [2.75, 3.05) is 19.6 Å². The molecule has 0 atom stereocenters. The van der Waals surface area contributed by atoms with E-state index in [2.05, 4.69) is 34.2 Å². The Hall–Kier alpha value is -2.21. The van der Waals surface area contributed by atoms with E-state index in [4.69, 9.17) is 4.52 Å². The minimum Gasteiger partial charge on any atom is -0.356 e. The van der Waals surface area contributed by atoms with Gasteiger partial charge < -0.3 is 9.84 Å². The monoisotopic (exact) mass is 342 g/mol. The van der Waals surface area contributed by atoms with Crippen LogP contribution in [0.15, 0.2) is 28.8 Å². The van der Waals surface area contributed by atoms with Crippen molar-refractivity contribution in [3.05, 3.63) is 35.7 Å². The van der Waals surface area contributed by atoms with Gasteiger partial charge in [-0.1, -0.05) is 41.9 Å². The van der Waals surface area contributed by atoms with Crippen LogP contribution >= 0.6 is 0 Å². The Balaban J connectivity index is 1.51. The van der Waals surface area contributed by atoms with Crippen molar-refractivity contribution >= 4 is 5.91 Å². The zero-order chi connectivity index (χ0) is 17.6. The summed E-state index contributed by atoms with van der Waals surface area (Å²) in [6.45, 7) is 7.29. The van der Waals surface area contributed by atoms with Gasteiger partial charge >= 0.3 is 0 Å². The third-order valence-electron chi connectivity index (χ3n) is 4.64. The molecule has 0 bridgehead atoms. The Bertz CT molecular complexity index is 688. The van der Waals surface area contributed by atoms with Crippen LogP contribution in [-0.4, -0.2) is 40.6 Å². The van der Waals surface area contributed by atoms with E-state index in [-0.39, 0.29) is 11.8 Å². The average molecular weight is 342 g/mol. The van der Waals surface area contributed by atoms with Gasteiger partial charge in [-0.15, -0.1) is 0 Å². The Labute approximate surface area is 148 Å². The fraction of sp³-hybridized carbons (Fsp3) is 0.526. The second kappa shape index (κ2) is 8.25. The van der Waals surface area contributed by atoms with Gasteiger partial charge in [-0.25, -0.2) is 0 Å². The molecule has 0 unspecified atom stereocenters. The molecule has 0 spiro atoms. The third kappa shape index (κ3) is 4.66. The summed E-state index contributed by atoms with van der Waals surface area (Å²) in [6, 6.07) is 8.09. The highest BCUT2D eigenvalue weighted by Crippen LogP contribution is 2.20. The molecule has 1 aromatic heterocycles. The fourth-order valence-corrected chi connectivity index (χ4v) is 3.08. The van der Waals surface area contributed by atoms with Crippen molar-refractivity contribution in [1.82, 2.24) is 20.4 Å². The lowest BCUT2D eigenvalue weighted by Crippen LogP contribution is -2.40. The molecular weight excluding hydrogens is 316 g/mol. The van der Waals surface area contributed by atoms with Crippen molar-refractivity contribution in [1.29, 1.82) is 0 Å². The molecule has 1 aliphatic rings. The predicted octanol–water partition coefficient (Wildman–Crippen LogP) is 2.78. The summed E-state index contributed by atoms with van der Waals surface area (Å²) in [5, 5.41) is 7.08. The standard InChI is InChI=1S/C19H26N4O2/c1-3-10-20-19(24)16-8-11-23(12-9-16)13-17-21-18(22-25-17)15-6-4-14(2)5-7-15/h4-7,16H,3,8-13H2,1-2H3,(H,20,24). The van der Waals surface area contributed by atoms with E-state index >= 15 is 0 Å². The van der Waals surface area contributed by atoms with Gasteiger partial charge in [0, 0.05) is 18.0 Å². The number of carbonyl (C=O) groups is 1. The molecule has 0 saturated carbocycles. The van der Waals surface area contributed by atoms with Crippen molar-refractivity contribution in [2.45, 2.75) is 39.7 Å². The number of aromatic nitrogens is 2. The van der Waals surface area contributed by atoms with Crippen LogP contribution in [0.5, 0.6) is 0 Å². The minimum atomic E-state index is 0.133. The van der Waals surface area contributed by atoms with Crippen LogP contribution in [0.4, 0.5) is 0 Å². The summed E-state index contributed by atoms with van der Waals surface area (Å²) < 4.78 is 5.40. The number of nitrogens with one attached hydrogen (secondary N) is 1. The zero-order valence-corrected chi connectivity index (χ0v) is 15.0. The van der Waals surface area contributed by atoms with E-state index in [0.717, 1.165) is 44.5 Å². The molecule has 2 heterocycles. The van der Waals surface area contributed by atoms with Gasteiger partial charge in [0.25, 0.3) is 0 Å². The molecule has 6 nitrogen and oxygen atoms in total. The van der Waals surface area contributed by atoms with E-state index in [1.807, 2.05) is 24.3 Å². The first-order chi connectivity index (χ1) is 12.2. The maximum Gasteiger partial charge on any atom is 0.241 e. The molecule has 0 radical (unpaired) electrons. The summed E-state index contributed by atoms with van der Waals surface area (Å²) in [5.41, 5.74) is 2.17. The second-order valence-corrected chi connectivity index (χ2v) is 6.72. The molecule has 0 aliphatic carbocycles. The van der Waals surface area contributed by atoms with Gasteiger partial charge in [-0.05, 0) is 39.3 Å². The number of rotatable bonds is 6. The number of hydrogen-bond acceptors (Lipinski definition) is 5. The van der Waals surface area contributed by atoms with E-state index in [1.165, 1.54) is 5.56 Å². The van der Waals surface area contributed by atoms with E-state index < -0.39 is 0 Å². The van der Waals surface area contributed by atoms with E-state index in [1.54, 1.807) is 0 Å². The molecule has 134 valence electrons. The van der Waals surface area contributed by atoms with Gasteiger partial charge in [0.15, 0.2) is 0 Å². The van der Waals surface area contributed by atoms with Gasteiger partial charge in [-0.2, -0.15) is 4.98 Å². The Morgan fingerprint density at radius 2 is 2.00 bits per heavy atom. The smallest absolute Gasteiger partial charge is 0.241 e. The first kappa shape index (κ1) is 17.6. The maximum absolute atomic E-state index is 12.0. The molecule has 6 heteroatoms. The van der Waals surface area contributed by atoms with Crippen LogP contribution in [0.2, 0.25) is 0 Å². The normalized spacial score (nSPS) is 16.1. The molecule has 1 N–H and O–H groups in total.